The lowest BCUT2D eigenvalue weighted by Gasteiger charge is -2.54. The SMILES string of the molecule is CCCC(C(=O)O)(C(C)(C)C)C(OC(C)=O)(c1c(C)cccc1C)n1ccnc1. The number of aryl methyl sites for hydroxylation is 2. The highest BCUT2D eigenvalue weighted by Crippen LogP contribution is 2.58. The van der Waals surface area contributed by atoms with Crippen molar-refractivity contribution in [2.45, 2.75) is 67.0 Å². The molecule has 0 bridgehead atoms. The Kier molecular flexibility index (Phi) is 6.26. The molecule has 0 saturated carbocycles. The number of carboxylic acid groups (broad SMARTS) is 1. The number of aliphatic carboxylic acids is 1. The second kappa shape index (κ2) is 8.01. The van der Waals surface area contributed by atoms with E-state index < -0.39 is 28.5 Å². The molecule has 0 aliphatic rings. The predicted octanol–water partition coefficient (Wildman–Crippen LogP) is 4.68. The number of nitrogens with zero attached hydrogens (tertiary/aromatic N) is 2. The molecule has 6 nitrogen and oxygen atoms in total. The molecule has 0 spiro atoms. The van der Waals surface area contributed by atoms with Gasteiger partial charge in [-0.3, -0.25) is 14.2 Å². The maximum atomic E-state index is 13.2. The monoisotopic (exact) mass is 400 g/mol. The van der Waals surface area contributed by atoms with Gasteiger partial charge in [-0.15, -0.1) is 0 Å². The number of hydrogen-bond donors (Lipinski definition) is 1. The number of aromatic nitrogens is 2. The summed E-state index contributed by atoms with van der Waals surface area (Å²) < 4.78 is 7.79. The lowest BCUT2D eigenvalue weighted by molar-refractivity contribution is -0.220. The minimum Gasteiger partial charge on any atom is -0.481 e. The van der Waals surface area contributed by atoms with Gasteiger partial charge in [0, 0.05) is 24.9 Å². The van der Waals surface area contributed by atoms with Crippen LogP contribution in [0.2, 0.25) is 0 Å². The molecule has 0 amide bonds. The van der Waals surface area contributed by atoms with Crippen LogP contribution >= 0.6 is 0 Å². The number of carboxylic acids is 1. The Bertz CT molecular complexity index is 863. The number of ether oxygens (including phenoxy) is 1. The number of benzene rings is 1. The molecule has 2 atom stereocenters. The zero-order valence-electron chi connectivity index (χ0n) is 18.4. The molecule has 1 N–H and O–H groups in total. The topological polar surface area (TPSA) is 81.4 Å². The van der Waals surface area contributed by atoms with Crippen molar-refractivity contribution < 1.29 is 19.4 Å². The molecule has 29 heavy (non-hydrogen) atoms. The Morgan fingerprint density at radius 3 is 2.14 bits per heavy atom. The number of rotatable bonds is 7. The molecule has 1 aromatic heterocycles. The van der Waals surface area contributed by atoms with Crippen LogP contribution in [-0.2, 0) is 20.1 Å². The highest BCUT2D eigenvalue weighted by molar-refractivity contribution is 5.80. The van der Waals surface area contributed by atoms with Crippen LogP contribution in [0.5, 0.6) is 0 Å². The first-order valence-electron chi connectivity index (χ1n) is 9.93. The zero-order chi connectivity index (χ0) is 22.0. The number of esters is 1. The van der Waals surface area contributed by atoms with Crippen molar-refractivity contribution in [1.82, 2.24) is 9.55 Å². The minimum atomic E-state index is -1.61. The largest absolute Gasteiger partial charge is 0.481 e. The van der Waals surface area contributed by atoms with Gasteiger partial charge in [0.05, 0.1) is 6.33 Å². The van der Waals surface area contributed by atoms with E-state index in [0.29, 0.717) is 18.4 Å². The van der Waals surface area contributed by atoms with Crippen molar-refractivity contribution >= 4 is 11.9 Å². The van der Waals surface area contributed by atoms with E-state index in [2.05, 4.69) is 4.98 Å². The van der Waals surface area contributed by atoms with Crippen molar-refractivity contribution in [3.05, 3.63) is 53.6 Å². The summed E-state index contributed by atoms with van der Waals surface area (Å²) in [5, 5.41) is 10.8. The Morgan fingerprint density at radius 2 is 1.76 bits per heavy atom. The third kappa shape index (κ3) is 3.45. The maximum absolute atomic E-state index is 13.2. The molecule has 2 aromatic rings. The van der Waals surface area contributed by atoms with Gasteiger partial charge in [0.2, 0.25) is 5.72 Å². The molecule has 2 unspecified atom stereocenters. The van der Waals surface area contributed by atoms with Gasteiger partial charge in [-0.05, 0) is 36.8 Å². The van der Waals surface area contributed by atoms with E-state index in [4.69, 9.17) is 4.74 Å². The summed E-state index contributed by atoms with van der Waals surface area (Å²) >= 11 is 0. The van der Waals surface area contributed by atoms with E-state index in [9.17, 15) is 14.7 Å². The molecule has 0 saturated heterocycles. The average Bonchev–Trinajstić information content (AvgIpc) is 3.11. The average molecular weight is 401 g/mol. The fourth-order valence-corrected chi connectivity index (χ4v) is 4.76. The molecule has 1 heterocycles. The summed E-state index contributed by atoms with van der Waals surface area (Å²) in [6.07, 6.45) is 5.70. The van der Waals surface area contributed by atoms with Crippen LogP contribution in [0, 0.1) is 24.7 Å². The number of carbonyl (C=O) groups is 2. The van der Waals surface area contributed by atoms with E-state index >= 15 is 0 Å². The quantitative estimate of drug-likeness (QED) is 0.683. The number of imidazole rings is 1. The van der Waals surface area contributed by atoms with E-state index in [0.717, 1.165) is 11.1 Å². The summed E-state index contributed by atoms with van der Waals surface area (Å²) in [6.45, 7) is 12.8. The third-order valence-corrected chi connectivity index (χ3v) is 5.83. The van der Waals surface area contributed by atoms with Gasteiger partial charge in [-0.2, -0.15) is 0 Å². The summed E-state index contributed by atoms with van der Waals surface area (Å²) in [7, 11) is 0. The van der Waals surface area contributed by atoms with Crippen LogP contribution in [0.15, 0.2) is 36.9 Å². The van der Waals surface area contributed by atoms with Crippen molar-refractivity contribution in [3.8, 4) is 0 Å². The lowest BCUT2D eigenvalue weighted by Crippen LogP contribution is -2.63. The molecule has 0 radical (unpaired) electrons. The zero-order valence-corrected chi connectivity index (χ0v) is 18.4. The smallest absolute Gasteiger partial charge is 0.316 e. The molecule has 1 aromatic carbocycles. The maximum Gasteiger partial charge on any atom is 0.316 e. The first-order valence-corrected chi connectivity index (χ1v) is 9.93. The van der Waals surface area contributed by atoms with E-state index in [1.807, 2.05) is 59.7 Å². The van der Waals surface area contributed by atoms with Gasteiger partial charge >= 0.3 is 11.9 Å². The van der Waals surface area contributed by atoms with Gasteiger partial charge in [0.1, 0.15) is 5.41 Å². The van der Waals surface area contributed by atoms with Crippen LogP contribution in [-0.4, -0.2) is 26.6 Å². The summed E-state index contributed by atoms with van der Waals surface area (Å²) in [5.74, 6) is -1.56. The fraction of sp³-hybridized carbons (Fsp3) is 0.522. The molecule has 0 fully saturated rings. The Balaban J connectivity index is 3.19. The van der Waals surface area contributed by atoms with E-state index in [-0.39, 0.29) is 0 Å². The van der Waals surface area contributed by atoms with Crippen molar-refractivity contribution in [1.29, 1.82) is 0 Å². The van der Waals surface area contributed by atoms with Gasteiger partial charge in [0.15, 0.2) is 0 Å². The summed E-state index contributed by atoms with van der Waals surface area (Å²) in [4.78, 5) is 29.8. The van der Waals surface area contributed by atoms with Crippen molar-refractivity contribution in [2.24, 2.45) is 10.8 Å². The molecule has 158 valence electrons. The molecule has 0 aliphatic heterocycles. The van der Waals surface area contributed by atoms with Crippen LogP contribution in [0.1, 0.15) is 64.2 Å². The summed E-state index contributed by atoms with van der Waals surface area (Å²) in [6, 6.07) is 5.75. The fourth-order valence-electron chi connectivity index (χ4n) is 4.76. The van der Waals surface area contributed by atoms with Crippen LogP contribution in [0.4, 0.5) is 0 Å². The Morgan fingerprint density at radius 1 is 1.17 bits per heavy atom. The standard InChI is InChI=1S/C23H32N2O4/c1-8-12-22(20(27)28,21(5,6)7)23(29-18(4)26,25-14-13-24-15-25)19-16(2)10-9-11-17(19)3/h9-11,13-15H,8,12H2,1-7H3,(H,27,28). The van der Waals surface area contributed by atoms with Gasteiger partial charge < -0.3 is 9.84 Å². The van der Waals surface area contributed by atoms with Gasteiger partial charge in [0.25, 0.3) is 0 Å². The number of hydrogen-bond acceptors (Lipinski definition) is 4. The van der Waals surface area contributed by atoms with E-state index in [1.165, 1.54) is 13.3 Å². The molecule has 6 heteroatoms. The third-order valence-electron chi connectivity index (χ3n) is 5.83. The summed E-state index contributed by atoms with van der Waals surface area (Å²) in [5.41, 5.74) is -1.44. The van der Waals surface area contributed by atoms with Crippen molar-refractivity contribution in [3.63, 3.8) is 0 Å². The molecular weight excluding hydrogens is 368 g/mol. The normalized spacial score (nSPS) is 16.0. The van der Waals surface area contributed by atoms with Crippen LogP contribution in [0.25, 0.3) is 0 Å². The first kappa shape index (κ1) is 22.7. The molecule has 0 aliphatic carbocycles. The van der Waals surface area contributed by atoms with Crippen molar-refractivity contribution in [2.75, 3.05) is 0 Å². The van der Waals surface area contributed by atoms with Gasteiger partial charge in [-0.25, -0.2) is 4.98 Å². The second-order valence-electron chi connectivity index (χ2n) is 8.68. The second-order valence-corrected chi connectivity index (χ2v) is 8.68. The minimum absolute atomic E-state index is 0.311. The van der Waals surface area contributed by atoms with E-state index in [1.54, 1.807) is 17.0 Å². The highest BCUT2D eigenvalue weighted by atomic mass is 16.6. The van der Waals surface area contributed by atoms with Crippen LogP contribution in [0.3, 0.4) is 0 Å². The Hall–Kier alpha value is -2.63. The highest BCUT2D eigenvalue weighted by Gasteiger charge is 2.67. The number of carbonyl (C=O) groups excluding carboxylic acids is 1. The molecular formula is C23H32N2O4. The molecule has 2 rings (SSSR count). The predicted molar refractivity (Wildman–Crippen MR) is 111 cm³/mol. The van der Waals surface area contributed by atoms with Gasteiger partial charge in [-0.1, -0.05) is 52.3 Å². The first-order chi connectivity index (χ1) is 13.5. The lowest BCUT2D eigenvalue weighted by atomic mass is 9.55. The van der Waals surface area contributed by atoms with Crippen LogP contribution < -0.4 is 0 Å². The Labute approximate surface area is 172 Å².